The minimum Gasteiger partial charge on any atom is -0.391 e. The van der Waals surface area contributed by atoms with Gasteiger partial charge in [0.15, 0.2) is 11.6 Å². The summed E-state index contributed by atoms with van der Waals surface area (Å²) in [7, 11) is 0. The minimum absolute atomic E-state index is 0.0420. The molecule has 2 aliphatic heterocycles. The van der Waals surface area contributed by atoms with E-state index in [0.29, 0.717) is 18.7 Å². The van der Waals surface area contributed by atoms with Gasteiger partial charge in [0.05, 0.1) is 28.9 Å². The summed E-state index contributed by atoms with van der Waals surface area (Å²) in [5.41, 5.74) is 5.94. The summed E-state index contributed by atoms with van der Waals surface area (Å²) in [6, 6.07) is 0.967. The van der Waals surface area contributed by atoms with Gasteiger partial charge in [0.2, 0.25) is 0 Å². The maximum atomic E-state index is 14.0. The Labute approximate surface area is 116 Å². The highest BCUT2D eigenvalue weighted by molar-refractivity contribution is 9.10. The number of ether oxygens (including phenoxy) is 1. The van der Waals surface area contributed by atoms with Crippen LogP contribution in [0.15, 0.2) is 10.5 Å². The molecule has 0 radical (unpaired) electrons. The lowest BCUT2D eigenvalue weighted by Gasteiger charge is -2.35. The van der Waals surface area contributed by atoms with Gasteiger partial charge in [-0.3, -0.25) is 5.01 Å². The minimum atomic E-state index is -0.973. The van der Waals surface area contributed by atoms with E-state index < -0.39 is 23.8 Å². The average Bonchev–Trinajstić information content (AvgIpc) is 2.80. The van der Waals surface area contributed by atoms with Gasteiger partial charge in [-0.15, -0.1) is 5.53 Å². The predicted molar refractivity (Wildman–Crippen MR) is 68.5 cm³/mol. The summed E-state index contributed by atoms with van der Waals surface area (Å²) in [5.74, 6) is -1.93. The van der Waals surface area contributed by atoms with Crippen LogP contribution in [0.3, 0.4) is 0 Å². The zero-order valence-corrected chi connectivity index (χ0v) is 11.4. The van der Waals surface area contributed by atoms with Crippen molar-refractivity contribution in [2.24, 2.45) is 0 Å². The second-order valence-corrected chi connectivity index (χ2v) is 5.34. The van der Waals surface area contributed by atoms with Gasteiger partial charge < -0.3 is 15.3 Å². The summed E-state index contributed by atoms with van der Waals surface area (Å²) in [6.07, 6.45) is -0.209. The van der Waals surface area contributed by atoms with Crippen LogP contribution in [0.2, 0.25) is 0 Å². The first-order valence-electron chi connectivity index (χ1n) is 5.84. The fraction of sp³-hybridized carbons (Fsp3) is 0.455. The van der Waals surface area contributed by atoms with Gasteiger partial charge in [-0.25, -0.2) is 8.78 Å². The number of halogens is 3. The topological polar surface area (TPSA) is 56.8 Å². The number of nitrogens with zero attached hydrogens (tertiary/aromatic N) is 1. The Kier molecular flexibility index (Phi) is 3.34. The molecule has 0 bridgehead atoms. The molecular formula is C11H12BrF2N3O2. The van der Waals surface area contributed by atoms with Crippen LogP contribution in [-0.2, 0) is 4.74 Å². The van der Waals surface area contributed by atoms with Crippen LogP contribution in [0, 0.1) is 11.6 Å². The average molecular weight is 336 g/mol. The molecule has 2 aliphatic rings. The van der Waals surface area contributed by atoms with Gasteiger partial charge in [-0.05, 0) is 28.4 Å². The Bertz CT molecular complexity index is 517. The SMILES string of the molecule is O[C@H]1CCOC[C@@H]1N1NNc2cc(Br)c(F)c(F)c21. The van der Waals surface area contributed by atoms with Crippen LogP contribution in [0.4, 0.5) is 20.2 Å². The summed E-state index contributed by atoms with van der Waals surface area (Å²) in [6.45, 7) is 0.704. The van der Waals surface area contributed by atoms with Gasteiger partial charge in [-0.1, -0.05) is 0 Å². The fourth-order valence-corrected chi connectivity index (χ4v) is 2.70. The number of benzene rings is 1. The zero-order chi connectivity index (χ0) is 13.6. The summed E-state index contributed by atoms with van der Waals surface area (Å²) < 4.78 is 33.0. The first-order chi connectivity index (χ1) is 9.09. The van der Waals surface area contributed by atoms with Crippen LogP contribution >= 0.6 is 15.9 Å². The molecule has 0 saturated carbocycles. The summed E-state index contributed by atoms with van der Waals surface area (Å²) in [5, 5.41) is 11.3. The lowest BCUT2D eigenvalue weighted by Crippen LogP contribution is -2.54. The van der Waals surface area contributed by atoms with Crippen molar-refractivity contribution in [3.63, 3.8) is 0 Å². The molecule has 0 spiro atoms. The van der Waals surface area contributed by atoms with E-state index in [-0.39, 0.29) is 16.8 Å². The number of anilines is 2. The van der Waals surface area contributed by atoms with Crippen molar-refractivity contribution in [3.05, 3.63) is 22.2 Å². The van der Waals surface area contributed by atoms with E-state index in [1.807, 2.05) is 0 Å². The van der Waals surface area contributed by atoms with Crippen molar-refractivity contribution in [1.29, 1.82) is 0 Å². The fourth-order valence-electron chi connectivity index (χ4n) is 2.30. The quantitative estimate of drug-likeness (QED) is 0.679. The van der Waals surface area contributed by atoms with Crippen molar-refractivity contribution in [3.8, 4) is 0 Å². The summed E-state index contributed by atoms with van der Waals surface area (Å²) >= 11 is 2.95. The Balaban J connectivity index is 1.99. The molecule has 19 heavy (non-hydrogen) atoms. The third kappa shape index (κ3) is 2.08. The van der Waals surface area contributed by atoms with Gasteiger partial charge in [0.25, 0.3) is 0 Å². The molecule has 3 rings (SSSR count). The van der Waals surface area contributed by atoms with E-state index in [9.17, 15) is 13.9 Å². The van der Waals surface area contributed by atoms with Crippen molar-refractivity contribution in [2.75, 3.05) is 23.6 Å². The molecule has 5 nitrogen and oxygen atoms in total. The Morgan fingerprint density at radius 3 is 2.95 bits per heavy atom. The Hall–Kier alpha value is -0.960. The molecular weight excluding hydrogens is 324 g/mol. The second-order valence-electron chi connectivity index (χ2n) is 4.49. The predicted octanol–water partition coefficient (Wildman–Crippen LogP) is 1.53. The van der Waals surface area contributed by atoms with Crippen LogP contribution in [-0.4, -0.2) is 30.5 Å². The van der Waals surface area contributed by atoms with E-state index in [1.165, 1.54) is 11.1 Å². The summed E-state index contributed by atoms with van der Waals surface area (Å²) in [4.78, 5) is 0. The van der Waals surface area contributed by atoms with Crippen molar-refractivity contribution >= 4 is 27.3 Å². The molecule has 0 unspecified atom stereocenters. The van der Waals surface area contributed by atoms with Gasteiger partial charge in [0.1, 0.15) is 5.69 Å². The van der Waals surface area contributed by atoms with E-state index in [2.05, 4.69) is 26.9 Å². The molecule has 8 heteroatoms. The third-order valence-electron chi connectivity index (χ3n) is 3.31. The van der Waals surface area contributed by atoms with Gasteiger partial charge >= 0.3 is 0 Å². The van der Waals surface area contributed by atoms with Crippen LogP contribution in [0.5, 0.6) is 0 Å². The standard InChI is InChI=1S/C11H12BrF2N3O2/c12-5-3-6-11(10(14)9(5)13)17(16-15-6)7-4-19-2-1-8(7)18/h3,7-8,15-16,18H,1-2,4H2/t7-,8-/m0/s1. The zero-order valence-electron chi connectivity index (χ0n) is 9.79. The largest absolute Gasteiger partial charge is 0.391 e. The molecule has 3 N–H and O–H groups in total. The Morgan fingerprint density at radius 1 is 1.42 bits per heavy atom. The van der Waals surface area contributed by atoms with E-state index in [0.717, 1.165) is 0 Å². The lowest BCUT2D eigenvalue weighted by atomic mass is 10.1. The molecule has 0 aliphatic carbocycles. The highest BCUT2D eigenvalue weighted by Crippen LogP contribution is 2.38. The smallest absolute Gasteiger partial charge is 0.186 e. The van der Waals surface area contributed by atoms with Gasteiger partial charge in [0, 0.05) is 6.61 Å². The third-order valence-corrected chi connectivity index (χ3v) is 3.89. The number of hydrogen-bond acceptors (Lipinski definition) is 5. The molecule has 1 fully saturated rings. The van der Waals surface area contributed by atoms with Crippen LogP contribution < -0.4 is 16.0 Å². The number of hydrogen-bond donors (Lipinski definition) is 3. The second kappa shape index (κ2) is 4.86. The number of hydrazine groups is 2. The number of fused-ring (bicyclic) bond motifs is 1. The van der Waals surface area contributed by atoms with E-state index in [1.54, 1.807) is 0 Å². The Morgan fingerprint density at radius 2 is 2.21 bits per heavy atom. The monoisotopic (exact) mass is 335 g/mol. The molecule has 1 saturated heterocycles. The molecule has 1 aromatic rings. The van der Waals surface area contributed by atoms with E-state index in [4.69, 9.17) is 4.74 Å². The molecule has 0 aromatic heterocycles. The number of aliphatic hydroxyl groups is 1. The first kappa shape index (κ1) is 13.0. The van der Waals surface area contributed by atoms with E-state index >= 15 is 0 Å². The van der Waals surface area contributed by atoms with Crippen molar-refractivity contribution < 1.29 is 18.6 Å². The van der Waals surface area contributed by atoms with Crippen molar-refractivity contribution in [2.45, 2.75) is 18.6 Å². The normalized spacial score (nSPS) is 26.2. The molecule has 2 heterocycles. The maximum absolute atomic E-state index is 14.0. The van der Waals surface area contributed by atoms with Crippen LogP contribution in [0.25, 0.3) is 0 Å². The van der Waals surface area contributed by atoms with Crippen molar-refractivity contribution in [1.82, 2.24) is 5.53 Å². The molecule has 2 atom stereocenters. The number of aliphatic hydroxyl groups excluding tert-OH is 1. The number of nitrogens with one attached hydrogen (secondary N) is 2. The van der Waals surface area contributed by atoms with Crippen LogP contribution in [0.1, 0.15) is 6.42 Å². The molecule has 1 aromatic carbocycles. The first-order valence-corrected chi connectivity index (χ1v) is 6.63. The highest BCUT2D eigenvalue weighted by atomic mass is 79.9. The molecule has 0 amide bonds. The lowest BCUT2D eigenvalue weighted by molar-refractivity contribution is -0.00794. The van der Waals surface area contributed by atoms with Gasteiger partial charge in [-0.2, -0.15) is 0 Å². The molecule has 104 valence electrons. The highest BCUT2D eigenvalue weighted by Gasteiger charge is 2.36. The number of rotatable bonds is 1. The maximum Gasteiger partial charge on any atom is 0.186 e.